The third-order valence-corrected chi connectivity index (χ3v) is 2.20. The summed E-state index contributed by atoms with van der Waals surface area (Å²) in [6, 6.07) is 5.57. The van der Waals surface area contributed by atoms with Crippen molar-refractivity contribution in [2.75, 3.05) is 5.73 Å². The lowest BCUT2D eigenvalue weighted by atomic mass is 10.2. The zero-order valence-electron chi connectivity index (χ0n) is 7.75. The van der Waals surface area contributed by atoms with E-state index in [1.165, 1.54) is 6.33 Å². The Labute approximate surface area is 84.7 Å². The maximum atomic E-state index is 5.72. The van der Waals surface area contributed by atoms with Crippen molar-refractivity contribution >= 4 is 16.6 Å². The lowest BCUT2D eigenvalue weighted by molar-refractivity contribution is 0.840. The van der Waals surface area contributed by atoms with Gasteiger partial charge < -0.3 is 5.73 Å². The van der Waals surface area contributed by atoms with Crippen molar-refractivity contribution in [2.45, 2.75) is 0 Å². The van der Waals surface area contributed by atoms with Gasteiger partial charge >= 0.3 is 0 Å². The molecule has 3 rings (SSSR count). The molecule has 0 aliphatic rings. The van der Waals surface area contributed by atoms with Crippen molar-refractivity contribution in [3.05, 3.63) is 30.9 Å². The molecule has 0 aliphatic carbocycles. The van der Waals surface area contributed by atoms with Gasteiger partial charge in [0.2, 0.25) is 0 Å². The highest BCUT2D eigenvalue weighted by Crippen LogP contribution is 2.20. The molecule has 6 nitrogen and oxygen atoms in total. The Hall–Kier alpha value is -2.37. The second kappa shape index (κ2) is 2.81. The van der Waals surface area contributed by atoms with E-state index < -0.39 is 0 Å². The zero-order chi connectivity index (χ0) is 10.3. The highest BCUT2D eigenvalue weighted by Gasteiger charge is 2.07. The van der Waals surface area contributed by atoms with Crippen LogP contribution in [-0.4, -0.2) is 25.0 Å². The van der Waals surface area contributed by atoms with E-state index in [0.29, 0.717) is 11.5 Å². The Morgan fingerprint density at radius 2 is 2.27 bits per heavy atom. The Morgan fingerprint density at radius 1 is 1.33 bits per heavy atom. The number of hydrogen-bond donors (Lipinski definition) is 2. The van der Waals surface area contributed by atoms with Crippen molar-refractivity contribution in [1.29, 1.82) is 0 Å². The quantitative estimate of drug-likeness (QED) is 0.567. The lowest BCUT2D eigenvalue weighted by Crippen LogP contribution is -1.95. The summed E-state index contributed by atoms with van der Waals surface area (Å²) in [5.41, 5.74) is 7.34. The number of nitrogen functional groups attached to an aromatic ring is 1. The molecule has 0 amide bonds. The average Bonchev–Trinajstić information content (AvgIpc) is 2.83. The molecule has 0 radical (unpaired) electrons. The van der Waals surface area contributed by atoms with Gasteiger partial charge in [-0.3, -0.25) is 5.10 Å². The minimum atomic E-state index is 0.699. The number of benzene rings is 1. The normalized spacial score (nSPS) is 10.9. The van der Waals surface area contributed by atoms with Crippen LogP contribution in [-0.2, 0) is 0 Å². The first-order chi connectivity index (χ1) is 7.34. The molecule has 74 valence electrons. The van der Waals surface area contributed by atoms with E-state index >= 15 is 0 Å². The molecule has 0 spiro atoms. The first-order valence-corrected chi connectivity index (χ1v) is 4.43. The van der Waals surface area contributed by atoms with Crippen LogP contribution >= 0.6 is 0 Å². The second-order valence-electron chi connectivity index (χ2n) is 3.19. The summed E-state index contributed by atoms with van der Waals surface area (Å²) in [5, 5.41) is 12.0. The van der Waals surface area contributed by atoms with Gasteiger partial charge in [-0.05, 0) is 18.2 Å². The second-order valence-corrected chi connectivity index (χ2v) is 3.19. The number of anilines is 1. The highest BCUT2D eigenvalue weighted by molar-refractivity contribution is 5.88. The standard InChI is InChI=1S/C9H8N6/c10-6-1-2-8-7(3-6)9(14-13-8)15-5-11-4-12-15/h1-5H,10H2,(H,13,14). The van der Waals surface area contributed by atoms with Gasteiger partial charge in [0.1, 0.15) is 12.7 Å². The van der Waals surface area contributed by atoms with Crippen LogP contribution in [0.4, 0.5) is 5.69 Å². The summed E-state index contributed by atoms with van der Waals surface area (Å²) >= 11 is 0. The molecule has 1 aromatic carbocycles. The number of rotatable bonds is 1. The van der Waals surface area contributed by atoms with E-state index in [1.807, 2.05) is 18.2 Å². The molecular weight excluding hydrogens is 192 g/mol. The number of fused-ring (bicyclic) bond motifs is 1. The number of nitrogens with one attached hydrogen (secondary N) is 1. The number of aromatic nitrogens is 5. The van der Waals surface area contributed by atoms with Gasteiger partial charge in [0.25, 0.3) is 0 Å². The van der Waals surface area contributed by atoms with Crippen molar-refractivity contribution < 1.29 is 0 Å². The van der Waals surface area contributed by atoms with E-state index in [9.17, 15) is 0 Å². The average molecular weight is 200 g/mol. The molecule has 3 N–H and O–H groups in total. The summed E-state index contributed by atoms with van der Waals surface area (Å²) in [6.45, 7) is 0. The molecular formula is C9H8N6. The molecule has 2 heterocycles. The van der Waals surface area contributed by atoms with Crippen molar-refractivity contribution in [2.24, 2.45) is 0 Å². The van der Waals surface area contributed by atoms with Crippen molar-refractivity contribution in [3.63, 3.8) is 0 Å². The van der Waals surface area contributed by atoms with Crippen LogP contribution in [0.2, 0.25) is 0 Å². The third-order valence-electron chi connectivity index (χ3n) is 2.20. The summed E-state index contributed by atoms with van der Waals surface area (Å²) in [5.74, 6) is 0.704. The summed E-state index contributed by atoms with van der Waals surface area (Å²) in [4.78, 5) is 3.87. The van der Waals surface area contributed by atoms with Crippen LogP contribution < -0.4 is 5.73 Å². The third kappa shape index (κ3) is 1.15. The highest BCUT2D eigenvalue weighted by atomic mass is 15.4. The van der Waals surface area contributed by atoms with Gasteiger partial charge in [-0.25, -0.2) is 9.67 Å². The zero-order valence-corrected chi connectivity index (χ0v) is 7.75. The number of nitrogens with two attached hydrogens (primary N) is 1. The van der Waals surface area contributed by atoms with Gasteiger partial charge in [-0.1, -0.05) is 0 Å². The molecule has 0 atom stereocenters. The van der Waals surface area contributed by atoms with E-state index in [2.05, 4.69) is 20.3 Å². The molecule has 0 aliphatic heterocycles. The summed E-state index contributed by atoms with van der Waals surface area (Å²) < 4.78 is 1.60. The largest absolute Gasteiger partial charge is 0.399 e. The van der Waals surface area contributed by atoms with E-state index in [0.717, 1.165) is 10.9 Å². The van der Waals surface area contributed by atoms with Crippen molar-refractivity contribution in [3.8, 4) is 5.82 Å². The number of H-pyrrole nitrogens is 1. The predicted octanol–water partition coefficient (Wildman–Crippen LogP) is 0.726. The molecule has 6 heteroatoms. The molecule has 2 aromatic heterocycles. The molecule has 0 unspecified atom stereocenters. The Morgan fingerprint density at radius 3 is 3.07 bits per heavy atom. The van der Waals surface area contributed by atoms with Crippen LogP contribution in [0.1, 0.15) is 0 Å². The fourth-order valence-electron chi connectivity index (χ4n) is 1.51. The Balaban J connectivity index is 2.32. The van der Waals surface area contributed by atoms with E-state index in [1.54, 1.807) is 11.0 Å². The van der Waals surface area contributed by atoms with Crippen LogP contribution in [0.3, 0.4) is 0 Å². The monoisotopic (exact) mass is 200 g/mol. The first kappa shape index (κ1) is 7.98. The fraction of sp³-hybridized carbons (Fsp3) is 0. The topological polar surface area (TPSA) is 85.4 Å². The van der Waals surface area contributed by atoms with E-state index in [-0.39, 0.29) is 0 Å². The number of hydrogen-bond acceptors (Lipinski definition) is 4. The van der Waals surface area contributed by atoms with Crippen LogP contribution in [0, 0.1) is 0 Å². The van der Waals surface area contributed by atoms with E-state index in [4.69, 9.17) is 5.73 Å². The first-order valence-electron chi connectivity index (χ1n) is 4.43. The Kier molecular flexibility index (Phi) is 1.49. The minimum Gasteiger partial charge on any atom is -0.399 e. The Bertz CT molecular complexity index is 594. The van der Waals surface area contributed by atoms with Crippen LogP contribution in [0.15, 0.2) is 30.9 Å². The van der Waals surface area contributed by atoms with Gasteiger partial charge in [0.05, 0.1) is 5.52 Å². The molecule has 3 aromatic rings. The molecule has 0 bridgehead atoms. The fourth-order valence-corrected chi connectivity index (χ4v) is 1.51. The lowest BCUT2D eigenvalue weighted by Gasteiger charge is -1.96. The van der Waals surface area contributed by atoms with Crippen LogP contribution in [0.5, 0.6) is 0 Å². The summed E-state index contributed by atoms with van der Waals surface area (Å²) in [6.07, 6.45) is 3.06. The summed E-state index contributed by atoms with van der Waals surface area (Å²) in [7, 11) is 0. The molecule has 0 fully saturated rings. The molecule has 0 saturated carbocycles. The maximum absolute atomic E-state index is 5.72. The SMILES string of the molecule is Nc1ccc2[nH]nc(-n3cncn3)c2c1. The minimum absolute atomic E-state index is 0.699. The van der Waals surface area contributed by atoms with Gasteiger partial charge in [0.15, 0.2) is 5.82 Å². The van der Waals surface area contributed by atoms with Gasteiger partial charge in [-0.15, -0.1) is 0 Å². The smallest absolute Gasteiger partial charge is 0.184 e. The molecule has 15 heavy (non-hydrogen) atoms. The van der Waals surface area contributed by atoms with Crippen molar-refractivity contribution in [1.82, 2.24) is 25.0 Å². The number of nitrogens with zero attached hydrogens (tertiary/aromatic N) is 4. The maximum Gasteiger partial charge on any atom is 0.184 e. The molecule has 0 saturated heterocycles. The predicted molar refractivity (Wildman–Crippen MR) is 55.4 cm³/mol. The van der Waals surface area contributed by atoms with Gasteiger partial charge in [-0.2, -0.15) is 10.2 Å². The van der Waals surface area contributed by atoms with Crippen LogP contribution in [0.25, 0.3) is 16.7 Å². The number of aromatic amines is 1. The van der Waals surface area contributed by atoms with Gasteiger partial charge in [0, 0.05) is 11.1 Å².